The number of aromatic nitrogens is 2. The Bertz CT molecular complexity index is 336. The van der Waals surface area contributed by atoms with Gasteiger partial charge >= 0.3 is 0 Å². The van der Waals surface area contributed by atoms with E-state index in [4.69, 9.17) is 10.3 Å². The van der Waals surface area contributed by atoms with Crippen LogP contribution in [0, 0.1) is 0 Å². The number of nitrogen functional groups attached to an aromatic ring is 1. The fourth-order valence-electron chi connectivity index (χ4n) is 0.894. The second-order valence-corrected chi connectivity index (χ2v) is 2.16. The molecule has 0 atom stereocenters. The Balaban J connectivity index is 2.45. The SMILES string of the molecule is Nn1ccc(-c2ccco2)n1. The summed E-state index contributed by atoms with van der Waals surface area (Å²) in [5.74, 6) is 6.08. The lowest BCUT2D eigenvalue weighted by Crippen LogP contribution is -2.07. The van der Waals surface area contributed by atoms with Crippen molar-refractivity contribution in [1.29, 1.82) is 0 Å². The highest BCUT2D eigenvalue weighted by atomic mass is 16.3. The average molecular weight is 149 g/mol. The van der Waals surface area contributed by atoms with E-state index in [0.29, 0.717) is 0 Å². The largest absolute Gasteiger partial charge is 0.463 e. The number of hydrogen-bond acceptors (Lipinski definition) is 3. The van der Waals surface area contributed by atoms with Gasteiger partial charge in [-0.05, 0) is 18.2 Å². The van der Waals surface area contributed by atoms with Crippen molar-refractivity contribution in [3.63, 3.8) is 0 Å². The lowest BCUT2D eigenvalue weighted by molar-refractivity contribution is 0.578. The molecule has 11 heavy (non-hydrogen) atoms. The molecular weight excluding hydrogens is 142 g/mol. The molecule has 0 aliphatic heterocycles. The topological polar surface area (TPSA) is 57.0 Å². The van der Waals surface area contributed by atoms with E-state index >= 15 is 0 Å². The molecule has 0 radical (unpaired) electrons. The van der Waals surface area contributed by atoms with Crippen molar-refractivity contribution in [3.8, 4) is 11.5 Å². The van der Waals surface area contributed by atoms with Crippen molar-refractivity contribution in [2.45, 2.75) is 0 Å². The fourth-order valence-corrected chi connectivity index (χ4v) is 0.894. The minimum absolute atomic E-state index is 0.731. The molecule has 0 aliphatic rings. The quantitative estimate of drug-likeness (QED) is 0.611. The summed E-state index contributed by atoms with van der Waals surface area (Å²) >= 11 is 0. The van der Waals surface area contributed by atoms with E-state index < -0.39 is 0 Å². The van der Waals surface area contributed by atoms with Gasteiger partial charge in [-0.15, -0.1) is 5.10 Å². The summed E-state index contributed by atoms with van der Waals surface area (Å²) in [5.41, 5.74) is 0.748. The lowest BCUT2D eigenvalue weighted by atomic mass is 10.3. The van der Waals surface area contributed by atoms with Crippen molar-refractivity contribution in [1.82, 2.24) is 9.89 Å². The number of furan rings is 1. The maximum absolute atomic E-state index is 5.35. The van der Waals surface area contributed by atoms with Crippen LogP contribution in [0.4, 0.5) is 0 Å². The molecule has 56 valence electrons. The molecule has 0 saturated carbocycles. The van der Waals surface area contributed by atoms with Crippen molar-refractivity contribution < 1.29 is 4.42 Å². The van der Waals surface area contributed by atoms with E-state index in [9.17, 15) is 0 Å². The monoisotopic (exact) mass is 149 g/mol. The van der Waals surface area contributed by atoms with Crippen LogP contribution in [0.15, 0.2) is 35.1 Å². The summed E-state index contributed by atoms with van der Waals surface area (Å²) in [6.07, 6.45) is 3.27. The van der Waals surface area contributed by atoms with E-state index in [0.717, 1.165) is 11.5 Å². The maximum Gasteiger partial charge on any atom is 0.154 e. The van der Waals surface area contributed by atoms with Crippen LogP contribution < -0.4 is 5.84 Å². The van der Waals surface area contributed by atoms with E-state index in [-0.39, 0.29) is 0 Å². The molecular formula is C7H7N3O. The summed E-state index contributed by atoms with van der Waals surface area (Å²) < 4.78 is 5.10. The molecule has 2 aromatic heterocycles. The Morgan fingerprint density at radius 3 is 2.91 bits per heavy atom. The van der Waals surface area contributed by atoms with E-state index in [1.807, 2.05) is 12.1 Å². The minimum Gasteiger partial charge on any atom is -0.463 e. The summed E-state index contributed by atoms with van der Waals surface area (Å²) in [4.78, 5) is 1.25. The van der Waals surface area contributed by atoms with Crippen LogP contribution in [0.5, 0.6) is 0 Å². The molecule has 0 saturated heterocycles. The minimum atomic E-state index is 0.731. The third kappa shape index (κ3) is 0.980. The lowest BCUT2D eigenvalue weighted by Gasteiger charge is -1.86. The second-order valence-electron chi connectivity index (χ2n) is 2.16. The number of nitrogens with two attached hydrogens (primary N) is 1. The van der Waals surface area contributed by atoms with Crippen LogP contribution in [0.2, 0.25) is 0 Å². The first-order valence-electron chi connectivity index (χ1n) is 3.21. The second kappa shape index (κ2) is 2.16. The predicted octanol–water partition coefficient (Wildman–Crippen LogP) is 0.857. The number of hydrogen-bond donors (Lipinski definition) is 1. The van der Waals surface area contributed by atoms with Crippen molar-refractivity contribution in [2.75, 3.05) is 5.84 Å². The van der Waals surface area contributed by atoms with Crippen molar-refractivity contribution in [2.24, 2.45) is 0 Å². The Morgan fingerprint density at radius 2 is 2.36 bits per heavy atom. The average Bonchev–Trinajstić information content (AvgIpc) is 2.55. The summed E-state index contributed by atoms with van der Waals surface area (Å²) in [5, 5.41) is 3.95. The number of nitrogens with zero attached hydrogens (tertiary/aromatic N) is 2. The molecule has 2 N–H and O–H groups in total. The Kier molecular flexibility index (Phi) is 1.18. The molecule has 0 bridgehead atoms. The van der Waals surface area contributed by atoms with Gasteiger partial charge in [-0.2, -0.15) is 4.79 Å². The third-order valence-corrected chi connectivity index (χ3v) is 1.38. The molecule has 0 aliphatic carbocycles. The molecule has 0 fully saturated rings. The summed E-state index contributed by atoms with van der Waals surface area (Å²) in [6, 6.07) is 5.44. The Hall–Kier alpha value is -1.71. The van der Waals surface area contributed by atoms with Crippen LogP contribution in [0.25, 0.3) is 11.5 Å². The molecule has 0 amide bonds. The van der Waals surface area contributed by atoms with Gasteiger partial charge in [-0.1, -0.05) is 0 Å². The highest BCUT2D eigenvalue weighted by Crippen LogP contribution is 2.15. The molecule has 0 spiro atoms. The standard InChI is InChI=1S/C7H7N3O/c8-10-4-3-6(9-10)7-2-1-5-11-7/h1-5H,8H2. The summed E-state index contributed by atoms with van der Waals surface area (Å²) in [6.45, 7) is 0. The molecule has 0 aromatic carbocycles. The Morgan fingerprint density at radius 1 is 1.45 bits per heavy atom. The van der Waals surface area contributed by atoms with Gasteiger partial charge in [0.15, 0.2) is 5.76 Å². The van der Waals surface area contributed by atoms with E-state index in [1.54, 1.807) is 18.5 Å². The predicted molar refractivity (Wildman–Crippen MR) is 40.1 cm³/mol. The van der Waals surface area contributed by atoms with Crippen molar-refractivity contribution >= 4 is 0 Å². The van der Waals surface area contributed by atoms with Crippen LogP contribution in [0.1, 0.15) is 0 Å². The highest BCUT2D eigenvalue weighted by molar-refractivity contribution is 5.50. The van der Waals surface area contributed by atoms with Gasteiger partial charge in [0.05, 0.1) is 6.26 Å². The molecule has 4 heteroatoms. The molecule has 2 heterocycles. The Labute approximate surface area is 63.2 Å². The zero-order valence-electron chi connectivity index (χ0n) is 5.77. The first kappa shape index (κ1) is 6.03. The van der Waals surface area contributed by atoms with Gasteiger partial charge in [-0.25, -0.2) is 0 Å². The van der Waals surface area contributed by atoms with Gasteiger partial charge < -0.3 is 10.3 Å². The first-order chi connectivity index (χ1) is 5.36. The van der Waals surface area contributed by atoms with Gasteiger partial charge in [0.25, 0.3) is 0 Å². The first-order valence-corrected chi connectivity index (χ1v) is 3.21. The van der Waals surface area contributed by atoms with Crippen LogP contribution in [0.3, 0.4) is 0 Å². The molecule has 0 unspecified atom stereocenters. The normalized spacial score (nSPS) is 10.2. The maximum atomic E-state index is 5.35. The molecule has 2 rings (SSSR count). The molecule has 4 nitrogen and oxygen atoms in total. The third-order valence-electron chi connectivity index (χ3n) is 1.38. The zero-order chi connectivity index (χ0) is 7.68. The zero-order valence-corrected chi connectivity index (χ0v) is 5.77. The van der Waals surface area contributed by atoms with Crippen LogP contribution in [-0.4, -0.2) is 9.89 Å². The summed E-state index contributed by atoms with van der Waals surface area (Å²) in [7, 11) is 0. The van der Waals surface area contributed by atoms with Gasteiger partial charge in [0, 0.05) is 6.20 Å². The van der Waals surface area contributed by atoms with Gasteiger partial charge in [-0.3, -0.25) is 0 Å². The number of rotatable bonds is 1. The van der Waals surface area contributed by atoms with E-state index in [2.05, 4.69) is 5.10 Å². The van der Waals surface area contributed by atoms with E-state index in [1.165, 1.54) is 4.79 Å². The highest BCUT2D eigenvalue weighted by Gasteiger charge is 2.01. The smallest absolute Gasteiger partial charge is 0.154 e. The molecule has 2 aromatic rings. The van der Waals surface area contributed by atoms with Crippen LogP contribution >= 0.6 is 0 Å². The van der Waals surface area contributed by atoms with Crippen LogP contribution in [-0.2, 0) is 0 Å². The van der Waals surface area contributed by atoms with Crippen molar-refractivity contribution in [3.05, 3.63) is 30.7 Å². The fraction of sp³-hybridized carbons (Fsp3) is 0. The van der Waals surface area contributed by atoms with Gasteiger partial charge in [0.1, 0.15) is 5.69 Å². The van der Waals surface area contributed by atoms with Gasteiger partial charge in [0.2, 0.25) is 0 Å².